The molecule has 0 bridgehead atoms. The van der Waals surface area contributed by atoms with Crippen LogP contribution in [-0.4, -0.2) is 14.6 Å². The molecule has 0 radical (unpaired) electrons. The van der Waals surface area contributed by atoms with E-state index in [2.05, 4.69) is 20.7 Å². The highest BCUT2D eigenvalue weighted by molar-refractivity contribution is 8.38. The summed E-state index contributed by atoms with van der Waals surface area (Å²) in [5.74, 6) is 0.243. The maximum absolute atomic E-state index is 12.7. The highest BCUT2D eigenvalue weighted by atomic mass is 32.2. The quantitative estimate of drug-likeness (QED) is 0.826. The Balaban J connectivity index is 1.75. The average molecular weight is 383 g/mol. The lowest BCUT2D eigenvalue weighted by atomic mass is 10.1. The van der Waals surface area contributed by atoms with E-state index in [0.717, 1.165) is 23.9 Å². The second-order valence-electron chi connectivity index (χ2n) is 4.80. The van der Waals surface area contributed by atoms with Crippen LogP contribution in [0.15, 0.2) is 39.2 Å². The van der Waals surface area contributed by atoms with Gasteiger partial charge in [0.2, 0.25) is 0 Å². The molecule has 0 atom stereocenters. The molecule has 1 aromatic carbocycles. The van der Waals surface area contributed by atoms with Gasteiger partial charge in [-0.25, -0.2) is 5.10 Å². The van der Waals surface area contributed by atoms with Crippen molar-refractivity contribution in [1.82, 2.24) is 10.2 Å². The number of aromatic amines is 1. The van der Waals surface area contributed by atoms with Crippen molar-refractivity contribution < 1.29 is 13.2 Å². The second kappa shape index (κ2) is 6.81. The number of anilines is 1. The molecule has 0 unspecified atom stereocenters. The highest BCUT2D eigenvalue weighted by Crippen LogP contribution is 2.35. The SMILES string of the molecule is N#Cc1cc(C(F)(F)F)ccc1CSC1=NNc2cn[nH]c(=O)c2S1. The van der Waals surface area contributed by atoms with Gasteiger partial charge in [-0.1, -0.05) is 29.6 Å². The first-order valence-corrected chi connectivity index (χ1v) is 8.51. The summed E-state index contributed by atoms with van der Waals surface area (Å²) in [6.07, 6.45) is -3.07. The molecular formula is C14H8F3N5OS2. The molecule has 128 valence electrons. The molecule has 6 nitrogen and oxygen atoms in total. The Morgan fingerprint density at radius 1 is 1.36 bits per heavy atom. The summed E-state index contributed by atoms with van der Waals surface area (Å²) in [5, 5.41) is 19.1. The third-order valence-corrected chi connectivity index (χ3v) is 5.45. The molecule has 1 aliphatic rings. The van der Waals surface area contributed by atoms with E-state index in [1.807, 2.05) is 0 Å². The summed E-state index contributed by atoms with van der Waals surface area (Å²) in [7, 11) is 0. The average Bonchev–Trinajstić information content (AvgIpc) is 2.59. The third kappa shape index (κ3) is 3.80. The number of halogens is 3. The van der Waals surface area contributed by atoms with Gasteiger partial charge >= 0.3 is 6.18 Å². The Kier molecular flexibility index (Phi) is 4.73. The predicted molar refractivity (Wildman–Crippen MR) is 89.2 cm³/mol. The first kappa shape index (κ1) is 17.4. The van der Waals surface area contributed by atoms with Crippen LogP contribution in [0.1, 0.15) is 16.7 Å². The lowest BCUT2D eigenvalue weighted by molar-refractivity contribution is -0.137. The highest BCUT2D eigenvalue weighted by Gasteiger charge is 2.31. The number of hydrogen-bond donors (Lipinski definition) is 2. The molecule has 1 aliphatic heterocycles. The number of hydrogen-bond acceptors (Lipinski definition) is 7. The molecule has 0 amide bonds. The van der Waals surface area contributed by atoms with Crippen LogP contribution in [0.5, 0.6) is 0 Å². The molecule has 0 fully saturated rings. The van der Waals surface area contributed by atoms with E-state index in [1.54, 1.807) is 6.07 Å². The van der Waals surface area contributed by atoms with Crippen LogP contribution in [-0.2, 0) is 11.9 Å². The molecular weight excluding hydrogens is 375 g/mol. The molecule has 1 aromatic heterocycles. The number of H-pyrrole nitrogens is 1. The van der Waals surface area contributed by atoms with Crippen LogP contribution < -0.4 is 11.0 Å². The standard InChI is InChI=1S/C14H8F3N5OS2/c15-14(16,17)9-2-1-7(8(3-9)4-18)6-24-13-22-20-10-5-19-21-12(23)11(10)25-13/h1-3,5,20H,6H2,(H,21,23). The summed E-state index contributed by atoms with van der Waals surface area (Å²) < 4.78 is 38.6. The van der Waals surface area contributed by atoms with Gasteiger partial charge in [0, 0.05) is 5.75 Å². The van der Waals surface area contributed by atoms with Crippen LogP contribution >= 0.6 is 23.5 Å². The van der Waals surface area contributed by atoms with Gasteiger partial charge in [-0.3, -0.25) is 10.2 Å². The van der Waals surface area contributed by atoms with Crippen LogP contribution in [0, 0.1) is 11.3 Å². The Labute approximate surface area is 147 Å². The van der Waals surface area contributed by atoms with E-state index in [0.29, 0.717) is 20.5 Å². The Bertz CT molecular complexity index is 949. The lowest BCUT2D eigenvalue weighted by Gasteiger charge is -2.14. The fourth-order valence-corrected chi connectivity index (χ4v) is 3.88. The van der Waals surface area contributed by atoms with Gasteiger partial charge in [0.15, 0.2) is 4.38 Å². The second-order valence-corrected chi connectivity index (χ2v) is 7.03. The molecule has 3 rings (SSSR count). The number of benzene rings is 1. The van der Waals surface area contributed by atoms with E-state index < -0.39 is 11.7 Å². The van der Waals surface area contributed by atoms with Crippen molar-refractivity contribution in [3.8, 4) is 6.07 Å². The van der Waals surface area contributed by atoms with Crippen LogP contribution in [0.3, 0.4) is 0 Å². The van der Waals surface area contributed by atoms with Crippen molar-refractivity contribution in [2.24, 2.45) is 5.10 Å². The molecule has 0 spiro atoms. The Morgan fingerprint density at radius 3 is 2.88 bits per heavy atom. The normalized spacial score (nSPS) is 13.4. The number of fused-ring (bicyclic) bond motifs is 1. The van der Waals surface area contributed by atoms with Gasteiger partial charge in [0.1, 0.15) is 4.90 Å². The first-order valence-electron chi connectivity index (χ1n) is 6.71. The number of aromatic nitrogens is 2. The van der Waals surface area contributed by atoms with Crippen LogP contribution in [0.25, 0.3) is 0 Å². The van der Waals surface area contributed by atoms with Crippen molar-refractivity contribution >= 4 is 33.6 Å². The van der Waals surface area contributed by atoms with Crippen molar-refractivity contribution in [3.63, 3.8) is 0 Å². The number of nitriles is 1. The van der Waals surface area contributed by atoms with Gasteiger partial charge in [-0.05, 0) is 17.7 Å². The van der Waals surface area contributed by atoms with Crippen LogP contribution in [0.2, 0.25) is 0 Å². The first-order chi connectivity index (χ1) is 11.9. The van der Waals surface area contributed by atoms with Crippen molar-refractivity contribution in [2.45, 2.75) is 16.8 Å². The van der Waals surface area contributed by atoms with Gasteiger partial charge in [0.05, 0.1) is 29.1 Å². The monoisotopic (exact) mass is 383 g/mol. The summed E-state index contributed by atoms with van der Waals surface area (Å²) in [5.41, 5.74) is 2.36. The number of nitrogens with one attached hydrogen (secondary N) is 2. The molecule has 2 aromatic rings. The van der Waals surface area contributed by atoms with E-state index >= 15 is 0 Å². The van der Waals surface area contributed by atoms with Crippen LogP contribution in [0.4, 0.5) is 18.9 Å². The predicted octanol–water partition coefficient (Wildman–Crippen LogP) is 3.38. The van der Waals surface area contributed by atoms with E-state index in [-0.39, 0.29) is 16.9 Å². The molecule has 2 heterocycles. The number of hydrazone groups is 1. The summed E-state index contributed by atoms with van der Waals surface area (Å²) in [6, 6.07) is 4.83. The molecule has 0 saturated heterocycles. The van der Waals surface area contributed by atoms with Crippen molar-refractivity contribution in [2.75, 3.05) is 5.43 Å². The van der Waals surface area contributed by atoms with Gasteiger partial charge in [-0.2, -0.15) is 28.6 Å². The summed E-state index contributed by atoms with van der Waals surface area (Å²) in [6.45, 7) is 0. The molecule has 2 N–H and O–H groups in total. The van der Waals surface area contributed by atoms with Gasteiger partial charge in [-0.15, -0.1) is 0 Å². The maximum Gasteiger partial charge on any atom is 0.416 e. The Morgan fingerprint density at radius 2 is 2.16 bits per heavy atom. The van der Waals surface area contributed by atoms with Gasteiger partial charge < -0.3 is 0 Å². The molecule has 11 heteroatoms. The number of alkyl halides is 3. The van der Waals surface area contributed by atoms with E-state index in [1.165, 1.54) is 24.0 Å². The minimum Gasteiger partial charge on any atom is -0.274 e. The largest absolute Gasteiger partial charge is 0.416 e. The number of nitrogens with zero attached hydrogens (tertiary/aromatic N) is 3. The van der Waals surface area contributed by atoms with E-state index in [4.69, 9.17) is 5.26 Å². The fourth-order valence-electron chi connectivity index (χ4n) is 1.97. The Hall–Kier alpha value is -2.45. The topological polar surface area (TPSA) is 93.9 Å². The minimum absolute atomic E-state index is 0.0425. The zero-order valence-electron chi connectivity index (χ0n) is 12.2. The van der Waals surface area contributed by atoms with Gasteiger partial charge in [0.25, 0.3) is 5.56 Å². The molecule has 0 aliphatic carbocycles. The van der Waals surface area contributed by atoms with E-state index in [9.17, 15) is 18.0 Å². The molecule has 0 saturated carbocycles. The minimum atomic E-state index is -4.50. The lowest BCUT2D eigenvalue weighted by Crippen LogP contribution is -2.16. The smallest absolute Gasteiger partial charge is 0.274 e. The summed E-state index contributed by atoms with van der Waals surface area (Å²) in [4.78, 5) is 12.1. The molecule has 25 heavy (non-hydrogen) atoms. The van der Waals surface area contributed by atoms with Crippen molar-refractivity contribution in [3.05, 3.63) is 51.4 Å². The zero-order chi connectivity index (χ0) is 18.0. The summed E-state index contributed by atoms with van der Waals surface area (Å²) >= 11 is 2.34. The number of thioether (sulfide) groups is 2. The fraction of sp³-hybridized carbons (Fsp3) is 0.143. The zero-order valence-corrected chi connectivity index (χ0v) is 13.8. The maximum atomic E-state index is 12.7. The third-order valence-electron chi connectivity index (χ3n) is 3.18. The number of rotatable bonds is 2. The van der Waals surface area contributed by atoms with Crippen molar-refractivity contribution in [1.29, 1.82) is 5.26 Å².